The summed E-state index contributed by atoms with van der Waals surface area (Å²) < 4.78 is 0. The van der Waals surface area contributed by atoms with E-state index in [9.17, 15) is 14.7 Å². The number of carbonyl (C=O) groups is 2. The second-order valence-electron chi connectivity index (χ2n) is 9.66. The summed E-state index contributed by atoms with van der Waals surface area (Å²) in [6, 6.07) is 0. The molecule has 176 valence electrons. The average Bonchev–Trinajstić information content (AvgIpc) is 2.69. The normalized spacial score (nSPS) is 18.7. The van der Waals surface area contributed by atoms with E-state index in [0.717, 1.165) is 45.1 Å². The second-order valence-corrected chi connectivity index (χ2v) is 9.66. The molecule has 0 spiro atoms. The molecule has 30 heavy (non-hydrogen) atoms. The van der Waals surface area contributed by atoms with E-state index in [4.69, 9.17) is 0 Å². The highest BCUT2D eigenvalue weighted by Crippen LogP contribution is 2.29. The monoisotopic (exact) mass is 424 g/mol. The van der Waals surface area contributed by atoms with Gasteiger partial charge in [-0.3, -0.25) is 9.59 Å². The van der Waals surface area contributed by atoms with Crippen LogP contribution in [0.3, 0.4) is 0 Å². The standard InChI is InChI=1S/C25H48N2O3/c1-5-15-24(30)27(4)19-14-10-13-18-23(29)26-25(3,6-2)22(28)20-21-16-11-8-7-9-12-17-21/h21-22,28H,5-20H2,1-4H3,(H,26,29). The van der Waals surface area contributed by atoms with Crippen molar-refractivity contribution >= 4 is 11.8 Å². The first-order valence-corrected chi connectivity index (χ1v) is 12.6. The summed E-state index contributed by atoms with van der Waals surface area (Å²) >= 11 is 0. The van der Waals surface area contributed by atoms with Gasteiger partial charge in [0.15, 0.2) is 0 Å². The lowest BCUT2D eigenvalue weighted by Gasteiger charge is -2.37. The molecular formula is C25H48N2O3. The van der Waals surface area contributed by atoms with Crippen LogP contribution in [-0.2, 0) is 9.59 Å². The van der Waals surface area contributed by atoms with Crippen LogP contribution in [-0.4, -0.2) is 47.1 Å². The number of aliphatic hydroxyl groups excluding tert-OH is 1. The Hall–Kier alpha value is -1.10. The Morgan fingerprint density at radius 2 is 1.67 bits per heavy atom. The molecule has 1 aliphatic rings. The van der Waals surface area contributed by atoms with Gasteiger partial charge in [-0.15, -0.1) is 0 Å². The Kier molecular flexibility index (Phi) is 13.3. The van der Waals surface area contributed by atoms with Crippen LogP contribution < -0.4 is 5.32 Å². The van der Waals surface area contributed by atoms with Crippen molar-refractivity contribution in [3.8, 4) is 0 Å². The van der Waals surface area contributed by atoms with Gasteiger partial charge in [-0.2, -0.15) is 0 Å². The van der Waals surface area contributed by atoms with E-state index >= 15 is 0 Å². The van der Waals surface area contributed by atoms with Gasteiger partial charge in [0.05, 0.1) is 11.6 Å². The molecule has 0 aromatic rings. The molecule has 2 N–H and O–H groups in total. The zero-order valence-corrected chi connectivity index (χ0v) is 20.2. The summed E-state index contributed by atoms with van der Waals surface area (Å²) in [5.41, 5.74) is -0.549. The molecule has 2 atom stereocenters. The van der Waals surface area contributed by atoms with E-state index in [1.54, 1.807) is 4.90 Å². The van der Waals surface area contributed by atoms with Crippen LogP contribution in [0.1, 0.15) is 117 Å². The van der Waals surface area contributed by atoms with Gasteiger partial charge >= 0.3 is 0 Å². The number of amides is 2. The molecule has 0 radical (unpaired) electrons. The number of unbranched alkanes of at least 4 members (excludes halogenated alkanes) is 2. The van der Waals surface area contributed by atoms with Crippen LogP contribution in [0.5, 0.6) is 0 Å². The molecule has 5 heteroatoms. The van der Waals surface area contributed by atoms with Gasteiger partial charge in [0, 0.05) is 26.4 Å². The van der Waals surface area contributed by atoms with Crippen LogP contribution in [0.2, 0.25) is 0 Å². The van der Waals surface area contributed by atoms with E-state index in [-0.39, 0.29) is 11.8 Å². The number of carbonyl (C=O) groups excluding carboxylic acids is 2. The van der Waals surface area contributed by atoms with Crippen molar-refractivity contribution in [1.82, 2.24) is 10.2 Å². The van der Waals surface area contributed by atoms with E-state index < -0.39 is 11.6 Å². The highest BCUT2D eigenvalue weighted by atomic mass is 16.3. The molecule has 0 bridgehead atoms. The fourth-order valence-corrected chi connectivity index (χ4v) is 4.48. The summed E-state index contributed by atoms with van der Waals surface area (Å²) in [6.45, 7) is 6.81. The number of aliphatic hydroxyl groups is 1. The molecular weight excluding hydrogens is 376 g/mol. The molecule has 0 aromatic carbocycles. The fourth-order valence-electron chi connectivity index (χ4n) is 4.48. The number of nitrogens with one attached hydrogen (secondary N) is 1. The van der Waals surface area contributed by atoms with Crippen molar-refractivity contribution in [2.24, 2.45) is 5.92 Å². The van der Waals surface area contributed by atoms with Gasteiger partial charge in [0.2, 0.25) is 11.8 Å². The van der Waals surface area contributed by atoms with E-state index in [0.29, 0.717) is 18.8 Å². The molecule has 1 aliphatic carbocycles. The van der Waals surface area contributed by atoms with Crippen molar-refractivity contribution in [1.29, 1.82) is 0 Å². The van der Waals surface area contributed by atoms with Crippen LogP contribution in [0, 0.1) is 5.92 Å². The maximum Gasteiger partial charge on any atom is 0.222 e. The van der Waals surface area contributed by atoms with Gasteiger partial charge in [0.1, 0.15) is 0 Å². The quantitative estimate of drug-likeness (QED) is 0.399. The number of nitrogens with zero attached hydrogens (tertiary/aromatic N) is 1. The topological polar surface area (TPSA) is 69.6 Å². The number of hydrogen-bond acceptors (Lipinski definition) is 3. The molecule has 0 aromatic heterocycles. The largest absolute Gasteiger partial charge is 0.391 e. The highest BCUT2D eigenvalue weighted by Gasteiger charge is 2.34. The number of hydrogen-bond donors (Lipinski definition) is 2. The predicted octanol–water partition coefficient (Wildman–Crippen LogP) is 5.20. The van der Waals surface area contributed by atoms with Crippen molar-refractivity contribution in [3.05, 3.63) is 0 Å². The lowest BCUT2D eigenvalue weighted by atomic mass is 9.81. The minimum absolute atomic E-state index is 0.0338. The highest BCUT2D eigenvalue weighted by molar-refractivity contribution is 5.77. The van der Waals surface area contributed by atoms with Crippen molar-refractivity contribution < 1.29 is 14.7 Å². The van der Waals surface area contributed by atoms with Gasteiger partial charge in [0.25, 0.3) is 0 Å². The minimum atomic E-state index is -0.549. The van der Waals surface area contributed by atoms with Crippen LogP contribution >= 0.6 is 0 Å². The lowest BCUT2D eigenvalue weighted by Crippen LogP contribution is -2.54. The summed E-state index contributed by atoms with van der Waals surface area (Å²) in [5, 5.41) is 14.1. The molecule has 1 rings (SSSR count). The molecule has 1 saturated carbocycles. The first-order chi connectivity index (χ1) is 14.3. The Morgan fingerprint density at radius 3 is 2.27 bits per heavy atom. The molecule has 2 unspecified atom stereocenters. The van der Waals surface area contributed by atoms with Gasteiger partial charge in [-0.1, -0.05) is 65.2 Å². The second kappa shape index (κ2) is 14.8. The zero-order chi connectivity index (χ0) is 22.4. The first kappa shape index (κ1) is 26.9. The molecule has 0 saturated heterocycles. The van der Waals surface area contributed by atoms with Crippen molar-refractivity contribution in [3.63, 3.8) is 0 Å². The van der Waals surface area contributed by atoms with Crippen LogP contribution in [0.15, 0.2) is 0 Å². The summed E-state index contributed by atoms with van der Waals surface area (Å²) in [5.74, 6) is 0.814. The average molecular weight is 425 g/mol. The lowest BCUT2D eigenvalue weighted by molar-refractivity contribution is -0.130. The third-order valence-corrected chi connectivity index (χ3v) is 6.96. The summed E-state index contributed by atoms with van der Waals surface area (Å²) in [7, 11) is 1.86. The maximum atomic E-state index is 12.5. The third-order valence-electron chi connectivity index (χ3n) is 6.96. The van der Waals surface area contributed by atoms with E-state index in [1.165, 1.54) is 44.9 Å². The van der Waals surface area contributed by atoms with Crippen molar-refractivity contribution in [2.45, 2.75) is 129 Å². The fraction of sp³-hybridized carbons (Fsp3) is 0.920. The Morgan fingerprint density at radius 1 is 1.03 bits per heavy atom. The number of rotatable bonds is 13. The molecule has 2 amide bonds. The van der Waals surface area contributed by atoms with Gasteiger partial charge in [-0.25, -0.2) is 0 Å². The Balaban J connectivity index is 2.34. The van der Waals surface area contributed by atoms with Crippen LogP contribution in [0.25, 0.3) is 0 Å². The van der Waals surface area contributed by atoms with Crippen molar-refractivity contribution in [2.75, 3.05) is 13.6 Å². The van der Waals surface area contributed by atoms with Gasteiger partial charge in [-0.05, 0) is 44.9 Å². The van der Waals surface area contributed by atoms with Crippen LogP contribution in [0.4, 0.5) is 0 Å². The molecule has 5 nitrogen and oxygen atoms in total. The molecule has 0 aliphatic heterocycles. The first-order valence-electron chi connectivity index (χ1n) is 12.6. The predicted molar refractivity (Wildman–Crippen MR) is 124 cm³/mol. The van der Waals surface area contributed by atoms with E-state index in [1.807, 2.05) is 27.8 Å². The zero-order valence-electron chi connectivity index (χ0n) is 20.2. The molecule has 0 heterocycles. The third kappa shape index (κ3) is 10.3. The van der Waals surface area contributed by atoms with Gasteiger partial charge < -0.3 is 15.3 Å². The molecule has 1 fully saturated rings. The Labute approximate surface area is 185 Å². The SMILES string of the molecule is CCCC(=O)N(C)CCCCCC(=O)NC(C)(CC)C(O)CC1CCCCCCC1. The summed E-state index contributed by atoms with van der Waals surface area (Å²) in [6.07, 6.45) is 14.6. The smallest absolute Gasteiger partial charge is 0.222 e. The minimum Gasteiger partial charge on any atom is -0.391 e. The Bertz CT molecular complexity index is 489. The van der Waals surface area contributed by atoms with E-state index in [2.05, 4.69) is 5.32 Å². The maximum absolute atomic E-state index is 12.5. The summed E-state index contributed by atoms with van der Waals surface area (Å²) in [4.78, 5) is 26.1.